The molecule has 1 aromatic rings. The lowest BCUT2D eigenvalue weighted by Crippen LogP contribution is -2.26. The number of ether oxygens (including phenoxy) is 2. The summed E-state index contributed by atoms with van der Waals surface area (Å²) in [6.45, 7) is 0.559. The number of carboxylic acids is 2. The molecule has 7 heteroatoms. The van der Waals surface area contributed by atoms with Gasteiger partial charge in [0, 0.05) is 12.8 Å². The first-order valence-electron chi connectivity index (χ1n) is 8.56. The zero-order valence-corrected chi connectivity index (χ0v) is 14.7. The minimum Gasteiger partial charge on any atom is -0.493 e. The van der Waals surface area contributed by atoms with Gasteiger partial charge in [-0.3, -0.25) is 9.59 Å². The molecule has 1 aliphatic rings. The maximum absolute atomic E-state index is 11.0. The molecule has 1 fully saturated rings. The molecule has 1 saturated carbocycles. The van der Waals surface area contributed by atoms with Crippen LogP contribution in [0.4, 0.5) is 0 Å². The summed E-state index contributed by atoms with van der Waals surface area (Å²) in [4.78, 5) is 22.0. The molecule has 0 aromatic heterocycles. The van der Waals surface area contributed by atoms with E-state index in [0.717, 1.165) is 12.8 Å². The Hall–Kier alpha value is -2.75. The van der Waals surface area contributed by atoms with Crippen LogP contribution in [0, 0.1) is 17.2 Å². The lowest BCUT2D eigenvalue weighted by atomic mass is 9.74. The van der Waals surface area contributed by atoms with Crippen LogP contribution in [0.1, 0.15) is 44.1 Å². The smallest absolute Gasteiger partial charge is 0.303 e. The summed E-state index contributed by atoms with van der Waals surface area (Å²) in [7, 11) is 1.52. The van der Waals surface area contributed by atoms with Crippen LogP contribution in [0.3, 0.4) is 0 Å². The van der Waals surface area contributed by atoms with Gasteiger partial charge in [-0.15, -0.1) is 0 Å². The molecular formula is C19H23NO6. The molecule has 2 rings (SSSR count). The Morgan fingerprint density at radius 3 is 2.27 bits per heavy atom. The van der Waals surface area contributed by atoms with Gasteiger partial charge in [0.25, 0.3) is 0 Å². The van der Waals surface area contributed by atoms with Gasteiger partial charge in [-0.2, -0.15) is 5.26 Å². The molecule has 140 valence electrons. The lowest BCUT2D eigenvalue weighted by Gasteiger charge is -2.27. The summed E-state index contributed by atoms with van der Waals surface area (Å²) >= 11 is 0. The number of nitrogens with zero attached hydrogens (tertiary/aromatic N) is 1. The van der Waals surface area contributed by atoms with E-state index in [4.69, 9.17) is 19.7 Å². The Kier molecular flexibility index (Phi) is 6.45. The van der Waals surface area contributed by atoms with Crippen LogP contribution in [0.15, 0.2) is 18.2 Å². The molecule has 1 aromatic carbocycles. The third-order valence-electron chi connectivity index (χ3n) is 4.63. The van der Waals surface area contributed by atoms with Crippen LogP contribution in [0.2, 0.25) is 0 Å². The number of carbonyl (C=O) groups is 2. The summed E-state index contributed by atoms with van der Waals surface area (Å²) in [5.74, 6) is -0.514. The van der Waals surface area contributed by atoms with Crippen LogP contribution < -0.4 is 9.47 Å². The Labute approximate surface area is 152 Å². The summed E-state index contributed by atoms with van der Waals surface area (Å²) in [5, 5.41) is 27.8. The highest BCUT2D eigenvalue weighted by Crippen LogP contribution is 2.39. The number of hydrogen-bond acceptors (Lipinski definition) is 5. The Balaban J connectivity index is 2.34. The highest BCUT2D eigenvalue weighted by Gasteiger charge is 2.34. The molecule has 0 heterocycles. The van der Waals surface area contributed by atoms with E-state index in [2.05, 4.69) is 6.07 Å². The van der Waals surface area contributed by atoms with Crippen molar-refractivity contribution in [3.63, 3.8) is 0 Å². The van der Waals surface area contributed by atoms with Crippen LogP contribution in [-0.2, 0) is 15.0 Å². The van der Waals surface area contributed by atoms with Crippen molar-refractivity contribution in [3.05, 3.63) is 23.8 Å². The van der Waals surface area contributed by atoms with E-state index in [0.29, 0.717) is 29.6 Å². The summed E-state index contributed by atoms with van der Waals surface area (Å²) in [6, 6.07) is 7.18. The first-order chi connectivity index (χ1) is 12.4. The van der Waals surface area contributed by atoms with E-state index in [1.807, 2.05) is 0 Å². The Morgan fingerprint density at radius 1 is 1.19 bits per heavy atom. The van der Waals surface area contributed by atoms with Crippen molar-refractivity contribution < 1.29 is 29.3 Å². The first kappa shape index (κ1) is 19.6. The second kappa shape index (κ2) is 8.56. The third-order valence-corrected chi connectivity index (χ3v) is 4.63. The molecule has 1 aliphatic carbocycles. The van der Waals surface area contributed by atoms with E-state index in [-0.39, 0.29) is 25.7 Å². The van der Waals surface area contributed by atoms with E-state index >= 15 is 0 Å². The standard InChI is InChI=1S/C19H23NO6/c1-25-15-5-4-14(10-16(15)26-11-13-2-3-13)19(12-20,8-6-17(21)22)9-7-18(23)24/h4-5,10,13H,2-3,6-9,11H2,1H3,(H,21,22)(H,23,24). The molecule has 7 nitrogen and oxygen atoms in total. The Morgan fingerprint density at radius 2 is 1.81 bits per heavy atom. The normalized spacial score (nSPS) is 13.7. The fourth-order valence-corrected chi connectivity index (χ4v) is 2.81. The molecule has 0 bridgehead atoms. The van der Waals surface area contributed by atoms with Gasteiger partial charge in [-0.25, -0.2) is 0 Å². The molecule has 0 radical (unpaired) electrons. The fourth-order valence-electron chi connectivity index (χ4n) is 2.81. The molecule has 0 aliphatic heterocycles. The van der Waals surface area contributed by atoms with Crippen LogP contribution in [-0.4, -0.2) is 35.9 Å². The van der Waals surface area contributed by atoms with E-state index < -0.39 is 17.4 Å². The number of carboxylic acid groups (broad SMARTS) is 2. The second-order valence-corrected chi connectivity index (χ2v) is 6.60. The Bertz CT molecular complexity index is 686. The maximum atomic E-state index is 11.0. The van der Waals surface area contributed by atoms with Gasteiger partial charge in [0.15, 0.2) is 11.5 Å². The number of benzene rings is 1. The van der Waals surface area contributed by atoms with Crippen molar-refractivity contribution >= 4 is 11.9 Å². The summed E-state index contributed by atoms with van der Waals surface area (Å²) < 4.78 is 11.1. The molecule has 0 spiro atoms. The second-order valence-electron chi connectivity index (χ2n) is 6.60. The highest BCUT2D eigenvalue weighted by atomic mass is 16.5. The average molecular weight is 361 g/mol. The lowest BCUT2D eigenvalue weighted by molar-refractivity contribution is -0.137. The van der Waals surface area contributed by atoms with Crippen LogP contribution >= 0.6 is 0 Å². The first-order valence-corrected chi connectivity index (χ1v) is 8.56. The molecule has 26 heavy (non-hydrogen) atoms. The van der Waals surface area contributed by atoms with Gasteiger partial charge in [0.2, 0.25) is 0 Å². The number of rotatable bonds is 11. The molecule has 0 unspecified atom stereocenters. The minimum absolute atomic E-state index is 0.0283. The highest BCUT2D eigenvalue weighted by molar-refractivity contribution is 5.68. The predicted octanol–water partition coefficient (Wildman–Crippen LogP) is 2.97. The quantitative estimate of drug-likeness (QED) is 0.622. The van der Waals surface area contributed by atoms with Crippen molar-refractivity contribution in [1.82, 2.24) is 0 Å². The van der Waals surface area contributed by atoms with Crippen LogP contribution in [0.25, 0.3) is 0 Å². The van der Waals surface area contributed by atoms with Gasteiger partial charge in [-0.05, 0) is 49.3 Å². The minimum atomic E-state index is -1.21. The van der Waals surface area contributed by atoms with Crippen molar-refractivity contribution in [2.45, 2.75) is 43.9 Å². The molecular weight excluding hydrogens is 338 g/mol. The van der Waals surface area contributed by atoms with Crippen LogP contribution in [0.5, 0.6) is 11.5 Å². The molecule has 0 saturated heterocycles. The predicted molar refractivity (Wildman–Crippen MR) is 92.2 cm³/mol. The van der Waals surface area contributed by atoms with Crippen molar-refractivity contribution in [3.8, 4) is 17.6 Å². The van der Waals surface area contributed by atoms with E-state index in [9.17, 15) is 14.9 Å². The average Bonchev–Trinajstić information content (AvgIpc) is 3.44. The summed E-state index contributed by atoms with van der Waals surface area (Å²) in [6.07, 6.45) is 1.86. The number of aliphatic carboxylic acids is 2. The van der Waals surface area contributed by atoms with E-state index in [1.54, 1.807) is 18.2 Å². The summed E-state index contributed by atoms with van der Waals surface area (Å²) in [5.41, 5.74) is -0.658. The molecule has 2 N–H and O–H groups in total. The maximum Gasteiger partial charge on any atom is 0.303 e. The number of hydrogen-bond donors (Lipinski definition) is 2. The van der Waals surface area contributed by atoms with Crippen molar-refractivity contribution in [1.29, 1.82) is 5.26 Å². The third kappa shape index (κ3) is 5.12. The fraction of sp³-hybridized carbons (Fsp3) is 0.526. The van der Waals surface area contributed by atoms with E-state index in [1.165, 1.54) is 7.11 Å². The zero-order chi connectivity index (χ0) is 19.2. The largest absolute Gasteiger partial charge is 0.493 e. The van der Waals surface area contributed by atoms with Gasteiger partial charge in [0.05, 0.1) is 25.2 Å². The molecule has 0 amide bonds. The monoisotopic (exact) mass is 361 g/mol. The van der Waals surface area contributed by atoms with Crippen molar-refractivity contribution in [2.24, 2.45) is 5.92 Å². The van der Waals surface area contributed by atoms with Gasteiger partial charge >= 0.3 is 11.9 Å². The molecule has 0 atom stereocenters. The zero-order valence-electron chi connectivity index (χ0n) is 14.7. The topological polar surface area (TPSA) is 117 Å². The number of methoxy groups -OCH3 is 1. The SMILES string of the molecule is COc1ccc(C(C#N)(CCC(=O)O)CCC(=O)O)cc1OCC1CC1. The van der Waals surface area contributed by atoms with Gasteiger partial charge in [-0.1, -0.05) is 6.07 Å². The van der Waals surface area contributed by atoms with Crippen molar-refractivity contribution in [2.75, 3.05) is 13.7 Å². The van der Waals surface area contributed by atoms with Gasteiger partial charge < -0.3 is 19.7 Å². The number of nitriles is 1. The van der Waals surface area contributed by atoms with Gasteiger partial charge in [0.1, 0.15) is 0 Å².